The van der Waals surface area contributed by atoms with Crippen molar-refractivity contribution in [1.82, 2.24) is 14.1 Å². The van der Waals surface area contributed by atoms with Crippen molar-refractivity contribution in [3.63, 3.8) is 0 Å². The number of rotatable bonds is 3. The zero-order valence-electron chi connectivity index (χ0n) is 16.6. The standard InChI is InChI=1S/C25H19N5O/c26-15-18-5-4-14-29(18)17-12-10-16(11-13-17)24-27-21-8-3-6-19-23(21)30(24)22-9-2-1-7-20(22)28-25(19)31/h1-14H,15,26H2,(H,28,31). The molecule has 6 rings (SSSR count). The highest BCUT2D eigenvalue weighted by Crippen LogP contribution is 2.36. The van der Waals surface area contributed by atoms with Crippen LogP contribution >= 0.6 is 0 Å². The van der Waals surface area contributed by atoms with E-state index in [4.69, 9.17) is 10.7 Å². The first kappa shape index (κ1) is 17.7. The molecule has 0 radical (unpaired) electrons. The molecule has 0 unspecified atom stereocenters. The van der Waals surface area contributed by atoms with E-state index in [0.29, 0.717) is 12.1 Å². The average molecular weight is 405 g/mol. The second-order valence-electron chi connectivity index (χ2n) is 7.54. The SMILES string of the molecule is NCc1cccn1-c1ccc(-c2nc3cccc4c3n2-c2ccccc2NC4=O)cc1. The molecule has 0 saturated heterocycles. The topological polar surface area (TPSA) is 77.9 Å². The number of carbonyl (C=O) groups is 1. The first-order valence-electron chi connectivity index (χ1n) is 10.1. The van der Waals surface area contributed by atoms with Gasteiger partial charge in [-0.2, -0.15) is 0 Å². The number of hydrogen-bond acceptors (Lipinski definition) is 3. The van der Waals surface area contributed by atoms with E-state index in [0.717, 1.165) is 45.2 Å². The summed E-state index contributed by atoms with van der Waals surface area (Å²) >= 11 is 0. The van der Waals surface area contributed by atoms with Gasteiger partial charge in [0.15, 0.2) is 0 Å². The van der Waals surface area contributed by atoms with Crippen LogP contribution in [-0.2, 0) is 6.54 Å². The number of anilines is 1. The third-order valence-electron chi connectivity index (χ3n) is 5.76. The fourth-order valence-corrected chi connectivity index (χ4v) is 4.31. The molecule has 1 amide bonds. The van der Waals surface area contributed by atoms with Gasteiger partial charge in [-0.1, -0.05) is 18.2 Å². The Hall–Kier alpha value is -4.16. The summed E-state index contributed by atoms with van der Waals surface area (Å²) in [5, 5.41) is 3.03. The molecule has 0 bridgehead atoms. The molecule has 6 nitrogen and oxygen atoms in total. The second kappa shape index (κ2) is 6.68. The van der Waals surface area contributed by atoms with Crippen LogP contribution in [0, 0.1) is 0 Å². The van der Waals surface area contributed by atoms with Gasteiger partial charge in [-0.25, -0.2) is 4.98 Å². The summed E-state index contributed by atoms with van der Waals surface area (Å²) in [5.74, 6) is 0.671. The number of nitrogens with zero attached hydrogens (tertiary/aromatic N) is 3. The molecule has 0 spiro atoms. The van der Waals surface area contributed by atoms with Crippen LogP contribution in [0.1, 0.15) is 16.1 Å². The number of amides is 1. The molecule has 0 saturated carbocycles. The van der Waals surface area contributed by atoms with Gasteiger partial charge in [-0.3, -0.25) is 9.36 Å². The number of benzene rings is 3. The smallest absolute Gasteiger partial charge is 0.257 e. The Bertz CT molecular complexity index is 1460. The van der Waals surface area contributed by atoms with E-state index in [1.54, 1.807) is 0 Å². The van der Waals surface area contributed by atoms with Crippen LogP contribution in [0.25, 0.3) is 33.8 Å². The summed E-state index contributed by atoms with van der Waals surface area (Å²) in [7, 11) is 0. The molecule has 3 N–H and O–H groups in total. The maximum Gasteiger partial charge on any atom is 0.257 e. The third-order valence-corrected chi connectivity index (χ3v) is 5.76. The van der Waals surface area contributed by atoms with Crippen molar-refractivity contribution in [2.45, 2.75) is 6.54 Å². The summed E-state index contributed by atoms with van der Waals surface area (Å²) in [5.41, 5.74) is 12.8. The monoisotopic (exact) mass is 405 g/mol. The Morgan fingerprint density at radius 3 is 2.58 bits per heavy atom. The molecule has 0 aliphatic carbocycles. The number of imidazole rings is 1. The summed E-state index contributed by atoms with van der Waals surface area (Å²) in [6.45, 7) is 0.477. The van der Waals surface area contributed by atoms with Crippen molar-refractivity contribution < 1.29 is 4.79 Å². The highest BCUT2D eigenvalue weighted by Gasteiger charge is 2.25. The van der Waals surface area contributed by atoms with Crippen molar-refractivity contribution in [1.29, 1.82) is 0 Å². The van der Waals surface area contributed by atoms with E-state index in [1.165, 1.54) is 0 Å². The first-order valence-corrected chi connectivity index (χ1v) is 10.1. The Morgan fingerprint density at radius 2 is 1.74 bits per heavy atom. The van der Waals surface area contributed by atoms with Gasteiger partial charge in [0.05, 0.1) is 28.0 Å². The van der Waals surface area contributed by atoms with Crippen LogP contribution in [0.2, 0.25) is 0 Å². The normalized spacial score (nSPS) is 12.5. The zero-order chi connectivity index (χ0) is 20.9. The molecule has 3 aromatic carbocycles. The molecule has 6 heteroatoms. The van der Waals surface area contributed by atoms with Crippen LogP contribution in [0.4, 0.5) is 5.69 Å². The summed E-state index contributed by atoms with van der Waals surface area (Å²) < 4.78 is 4.16. The summed E-state index contributed by atoms with van der Waals surface area (Å²) in [6.07, 6.45) is 2.01. The van der Waals surface area contributed by atoms with E-state index >= 15 is 0 Å². The molecule has 5 aromatic rings. The van der Waals surface area contributed by atoms with Gasteiger partial charge in [-0.15, -0.1) is 0 Å². The number of nitrogens with two attached hydrogens (primary N) is 1. The lowest BCUT2D eigenvalue weighted by molar-refractivity contribution is 0.102. The van der Waals surface area contributed by atoms with Gasteiger partial charge in [0.1, 0.15) is 5.82 Å². The highest BCUT2D eigenvalue weighted by atomic mass is 16.1. The Balaban J connectivity index is 1.58. The van der Waals surface area contributed by atoms with Crippen molar-refractivity contribution in [2.24, 2.45) is 5.73 Å². The Kier molecular flexibility index (Phi) is 3.81. The minimum absolute atomic E-state index is 0.125. The maximum atomic E-state index is 12.9. The molecular weight excluding hydrogens is 386 g/mol. The molecule has 3 heterocycles. The second-order valence-corrected chi connectivity index (χ2v) is 7.54. The van der Waals surface area contributed by atoms with Crippen LogP contribution in [0.5, 0.6) is 0 Å². The lowest BCUT2D eigenvalue weighted by Crippen LogP contribution is -2.10. The zero-order valence-corrected chi connectivity index (χ0v) is 16.6. The number of para-hydroxylation sites is 3. The predicted octanol–water partition coefficient (Wildman–Crippen LogP) is 4.51. The number of nitrogens with one attached hydrogen (secondary N) is 1. The molecule has 150 valence electrons. The van der Waals surface area contributed by atoms with E-state index in [-0.39, 0.29) is 5.91 Å². The maximum absolute atomic E-state index is 12.9. The minimum Gasteiger partial charge on any atom is -0.325 e. The first-order chi connectivity index (χ1) is 15.2. The quantitative estimate of drug-likeness (QED) is 0.464. The predicted molar refractivity (Wildman–Crippen MR) is 122 cm³/mol. The Labute approximate surface area is 178 Å². The third kappa shape index (κ3) is 2.62. The van der Waals surface area contributed by atoms with Gasteiger partial charge < -0.3 is 15.6 Å². The van der Waals surface area contributed by atoms with Gasteiger partial charge in [-0.05, 0) is 60.7 Å². The fourth-order valence-electron chi connectivity index (χ4n) is 4.31. The molecule has 2 aromatic heterocycles. The summed E-state index contributed by atoms with van der Waals surface area (Å²) in [4.78, 5) is 17.8. The van der Waals surface area contributed by atoms with Crippen molar-refractivity contribution in [3.05, 3.63) is 96.3 Å². The number of carbonyl (C=O) groups excluding carboxylic acids is 1. The van der Waals surface area contributed by atoms with Crippen molar-refractivity contribution in [3.8, 4) is 22.8 Å². The average Bonchev–Trinajstić information content (AvgIpc) is 3.41. The van der Waals surface area contributed by atoms with Gasteiger partial charge in [0, 0.05) is 29.7 Å². The lowest BCUT2D eigenvalue weighted by atomic mass is 10.1. The molecule has 0 atom stereocenters. The van der Waals surface area contributed by atoms with Crippen LogP contribution < -0.4 is 11.1 Å². The fraction of sp³-hybridized carbons (Fsp3) is 0.0400. The molecular formula is C25H19N5O. The summed E-state index contributed by atoms with van der Waals surface area (Å²) in [6, 6.07) is 25.7. The van der Waals surface area contributed by atoms with Crippen LogP contribution in [0.3, 0.4) is 0 Å². The highest BCUT2D eigenvalue weighted by molar-refractivity contribution is 6.14. The van der Waals surface area contributed by atoms with Gasteiger partial charge in [0.2, 0.25) is 0 Å². The van der Waals surface area contributed by atoms with Gasteiger partial charge in [0.25, 0.3) is 5.91 Å². The number of hydrogen-bond donors (Lipinski definition) is 2. The van der Waals surface area contributed by atoms with E-state index in [9.17, 15) is 4.79 Å². The minimum atomic E-state index is -0.125. The van der Waals surface area contributed by atoms with E-state index < -0.39 is 0 Å². The molecule has 1 aliphatic heterocycles. The van der Waals surface area contributed by atoms with Gasteiger partial charge >= 0.3 is 0 Å². The molecule has 31 heavy (non-hydrogen) atoms. The van der Waals surface area contributed by atoms with Crippen molar-refractivity contribution >= 4 is 22.6 Å². The molecule has 0 fully saturated rings. The lowest BCUT2D eigenvalue weighted by Gasteiger charge is -2.13. The number of fused-ring (bicyclic) bond motifs is 2. The Morgan fingerprint density at radius 1 is 0.903 bits per heavy atom. The number of aromatic nitrogens is 3. The van der Waals surface area contributed by atoms with Crippen LogP contribution in [0.15, 0.2) is 85.1 Å². The molecule has 1 aliphatic rings. The van der Waals surface area contributed by atoms with E-state index in [2.05, 4.69) is 38.7 Å². The van der Waals surface area contributed by atoms with Crippen molar-refractivity contribution in [2.75, 3.05) is 5.32 Å². The largest absolute Gasteiger partial charge is 0.325 e. The van der Waals surface area contributed by atoms with E-state index in [1.807, 2.05) is 60.8 Å². The van der Waals surface area contributed by atoms with Crippen LogP contribution in [-0.4, -0.2) is 20.0 Å².